The van der Waals surface area contributed by atoms with Gasteiger partial charge in [-0.1, -0.05) is 17.7 Å². The Morgan fingerprint density at radius 2 is 2.19 bits per heavy atom. The van der Waals surface area contributed by atoms with E-state index in [-0.39, 0.29) is 0 Å². The lowest BCUT2D eigenvalue weighted by Crippen LogP contribution is -2.10. The van der Waals surface area contributed by atoms with E-state index in [0.717, 1.165) is 28.8 Å². The van der Waals surface area contributed by atoms with Crippen LogP contribution in [-0.2, 0) is 11.3 Å². The topological polar surface area (TPSA) is 22.0 Å². The van der Waals surface area contributed by atoms with Crippen LogP contribution in [0, 0.1) is 5.92 Å². The Labute approximate surface area is 98.8 Å². The first-order valence-corrected chi connectivity index (χ1v) is 5.89. The molecule has 0 spiro atoms. The van der Waals surface area contributed by atoms with Crippen molar-refractivity contribution in [3.8, 4) is 0 Å². The molecule has 1 fully saturated rings. The molecule has 2 nitrogen and oxygen atoms in total. The van der Waals surface area contributed by atoms with Crippen LogP contribution in [0.4, 0.5) is 0 Å². The number of carbonyl (C=O) groups excluding carboxylic acids is 1. The van der Waals surface area contributed by atoms with E-state index >= 15 is 0 Å². The van der Waals surface area contributed by atoms with Gasteiger partial charge >= 0.3 is 0 Å². The van der Waals surface area contributed by atoms with Crippen LogP contribution in [0.1, 0.15) is 12.8 Å². The third kappa shape index (κ3) is 1.63. The summed E-state index contributed by atoms with van der Waals surface area (Å²) in [5.41, 5.74) is 1.04. The van der Waals surface area contributed by atoms with E-state index in [4.69, 9.17) is 11.6 Å². The van der Waals surface area contributed by atoms with E-state index in [9.17, 15) is 4.79 Å². The third-order valence-corrected chi connectivity index (χ3v) is 3.45. The summed E-state index contributed by atoms with van der Waals surface area (Å²) in [4.78, 5) is 11.7. The van der Waals surface area contributed by atoms with Crippen molar-refractivity contribution in [1.29, 1.82) is 0 Å². The van der Waals surface area contributed by atoms with Gasteiger partial charge in [0.25, 0.3) is 0 Å². The minimum Gasteiger partial charge on any atom is -0.340 e. The predicted octanol–water partition coefficient (Wildman–Crippen LogP) is 3.27. The van der Waals surface area contributed by atoms with Gasteiger partial charge in [-0.3, -0.25) is 4.79 Å². The number of hydrogen-bond donors (Lipinski definition) is 0. The highest BCUT2D eigenvalue weighted by Gasteiger charge is 2.29. The maximum Gasteiger partial charge on any atom is 0.155 e. The van der Waals surface area contributed by atoms with Crippen molar-refractivity contribution in [2.45, 2.75) is 19.4 Å². The fourth-order valence-electron chi connectivity index (χ4n) is 2.03. The van der Waals surface area contributed by atoms with E-state index in [1.165, 1.54) is 0 Å². The molecule has 0 radical (unpaired) electrons. The lowest BCUT2D eigenvalue weighted by Gasteiger charge is -2.04. The number of rotatable bonds is 3. The highest BCUT2D eigenvalue weighted by molar-refractivity contribution is 6.35. The number of benzene rings is 1. The number of nitrogens with zero attached hydrogens (tertiary/aromatic N) is 1. The summed E-state index contributed by atoms with van der Waals surface area (Å²) in [5.74, 6) is 0.661. The lowest BCUT2D eigenvalue weighted by atomic mass is 10.2. The summed E-state index contributed by atoms with van der Waals surface area (Å²) in [7, 11) is 0. The fourth-order valence-corrected chi connectivity index (χ4v) is 2.26. The first kappa shape index (κ1) is 9.91. The maximum absolute atomic E-state index is 11.7. The number of hydrogen-bond acceptors (Lipinski definition) is 1. The van der Waals surface area contributed by atoms with Gasteiger partial charge in [0, 0.05) is 28.0 Å². The summed E-state index contributed by atoms with van der Waals surface area (Å²) in [6.07, 6.45) is 4.08. The molecule has 16 heavy (non-hydrogen) atoms. The van der Waals surface area contributed by atoms with E-state index < -0.39 is 0 Å². The quantitative estimate of drug-likeness (QED) is 0.798. The smallest absolute Gasteiger partial charge is 0.155 e. The van der Waals surface area contributed by atoms with E-state index in [0.29, 0.717) is 18.2 Å². The average Bonchev–Trinajstić information content (AvgIpc) is 3.04. The van der Waals surface area contributed by atoms with Gasteiger partial charge in [0.05, 0.1) is 6.54 Å². The van der Waals surface area contributed by atoms with Crippen LogP contribution in [0.25, 0.3) is 10.9 Å². The molecular weight excluding hydrogens is 222 g/mol. The summed E-state index contributed by atoms with van der Waals surface area (Å²) in [6.45, 7) is 0.481. The van der Waals surface area contributed by atoms with Gasteiger partial charge in [0.15, 0.2) is 5.78 Å². The second kappa shape index (κ2) is 3.63. The van der Waals surface area contributed by atoms with Gasteiger partial charge in [-0.2, -0.15) is 0 Å². The van der Waals surface area contributed by atoms with Crippen molar-refractivity contribution >= 4 is 28.3 Å². The number of halogens is 1. The maximum atomic E-state index is 11.7. The summed E-state index contributed by atoms with van der Waals surface area (Å²) in [6, 6.07) is 7.76. The molecule has 0 aliphatic heterocycles. The van der Waals surface area contributed by atoms with Crippen LogP contribution < -0.4 is 0 Å². The molecule has 2 aromatic rings. The summed E-state index contributed by atoms with van der Waals surface area (Å²) < 4.78 is 1.99. The molecule has 0 amide bonds. The largest absolute Gasteiger partial charge is 0.340 e. The zero-order valence-electron chi connectivity index (χ0n) is 8.82. The van der Waals surface area contributed by atoms with Crippen molar-refractivity contribution in [2.24, 2.45) is 5.92 Å². The molecule has 1 aromatic heterocycles. The monoisotopic (exact) mass is 233 g/mol. The lowest BCUT2D eigenvalue weighted by molar-refractivity contribution is -0.120. The molecule has 0 saturated heterocycles. The number of ketones is 1. The standard InChI is InChI=1S/C13H12ClNO/c14-11-2-1-3-12-10(11)6-7-15(12)8-13(16)9-4-5-9/h1-3,6-7,9H,4-5,8H2. The molecule has 0 bridgehead atoms. The SMILES string of the molecule is O=C(Cn1ccc2c(Cl)cccc21)C1CC1. The Kier molecular flexibility index (Phi) is 2.25. The van der Waals surface area contributed by atoms with Gasteiger partial charge < -0.3 is 4.57 Å². The molecule has 0 atom stereocenters. The molecule has 0 N–H and O–H groups in total. The predicted molar refractivity (Wildman–Crippen MR) is 64.7 cm³/mol. The van der Waals surface area contributed by atoms with Gasteiger partial charge in [-0.25, -0.2) is 0 Å². The zero-order valence-corrected chi connectivity index (χ0v) is 9.57. The molecule has 3 heteroatoms. The molecule has 1 aliphatic rings. The second-order valence-electron chi connectivity index (χ2n) is 4.36. The molecule has 3 rings (SSSR count). The molecule has 1 heterocycles. The number of aromatic nitrogens is 1. The van der Waals surface area contributed by atoms with E-state index in [2.05, 4.69) is 0 Å². The Morgan fingerprint density at radius 1 is 1.38 bits per heavy atom. The van der Waals surface area contributed by atoms with Crippen LogP contribution in [0.5, 0.6) is 0 Å². The first-order chi connectivity index (χ1) is 7.75. The van der Waals surface area contributed by atoms with Crippen LogP contribution >= 0.6 is 11.6 Å². The number of Topliss-reactive ketones (excluding diaryl/α,β-unsaturated/α-hetero) is 1. The third-order valence-electron chi connectivity index (χ3n) is 3.12. The fraction of sp³-hybridized carbons (Fsp3) is 0.308. The van der Waals surface area contributed by atoms with E-state index in [1.807, 2.05) is 35.0 Å². The average molecular weight is 234 g/mol. The Hall–Kier alpha value is -1.28. The van der Waals surface area contributed by atoms with E-state index in [1.54, 1.807) is 0 Å². The summed E-state index contributed by atoms with van der Waals surface area (Å²) >= 11 is 6.08. The molecule has 1 saturated carbocycles. The van der Waals surface area contributed by atoms with Crippen molar-refractivity contribution in [3.63, 3.8) is 0 Å². The minimum absolute atomic E-state index is 0.316. The molecule has 82 valence electrons. The minimum atomic E-state index is 0.316. The molecule has 1 aliphatic carbocycles. The van der Waals surface area contributed by atoms with Crippen molar-refractivity contribution < 1.29 is 4.79 Å². The normalized spacial score (nSPS) is 15.6. The van der Waals surface area contributed by atoms with Crippen LogP contribution in [-0.4, -0.2) is 10.4 Å². The Bertz CT molecular complexity index is 554. The molecule has 0 unspecified atom stereocenters. The number of carbonyl (C=O) groups is 1. The zero-order chi connectivity index (χ0) is 11.1. The van der Waals surface area contributed by atoms with Gasteiger partial charge in [-0.05, 0) is 31.0 Å². The molecular formula is C13H12ClNO. The van der Waals surface area contributed by atoms with Crippen molar-refractivity contribution in [3.05, 3.63) is 35.5 Å². The Balaban J connectivity index is 1.97. The highest BCUT2D eigenvalue weighted by atomic mass is 35.5. The molecule has 1 aromatic carbocycles. The van der Waals surface area contributed by atoms with Crippen LogP contribution in [0.15, 0.2) is 30.5 Å². The van der Waals surface area contributed by atoms with Crippen LogP contribution in [0.2, 0.25) is 5.02 Å². The van der Waals surface area contributed by atoms with Gasteiger partial charge in [0.1, 0.15) is 0 Å². The van der Waals surface area contributed by atoms with Gasteiger partial charge in [-0.15, -0.1) is 0 Å². The Morgan fingerprint density at radius 3 is 2.94 bits per heavy atom. The first-order valence-electron chi connectivity index (χ1n) is 5.52. The number of fused-ring (bicyclic) bond motifs is 1. The van der Waals surface area contributed by atoms with Crippen LogP contribution in [0.3, 0.4) is 0 Å². The highest BCUT2D eigenvalue weighted by Crippen LogP contribution is 2.31. The van der Waals surface area contributed by atoms with Crippen molar-refractivity contribution in [2.75, 3.05) is 0 Å². The second-order valence-corrected chi connectivity index (χ2v) is 4.76. The van der Waals surface area contributed by atoms with Gasteiger partial charge in [0.2, 0.25) is 0 Å². The summed E-state index contributed by atoms with van der Waals surface area (Å²) in [5, 5.41) is 1.77. The van der Waals surface area contributed by atoms with Crippen molar-refractivity contribution in [1.82, 2.24) is 4.57 Å².